The molecule has 0 aromatic heterocycles. The zero-order valence-corrected chi connectivity index (χ0v) is 12.1. The Morgan fingerprint density at radius 3 is 2.43 bits per heavy atom. The van der Waals surface area contributed by atoms with Gasteiger partial charge in [0.05, 0.1) is 12.3 Å². The van der Waals surface area contributed by atoms with E-state index in [0.29, 0.717) is 12.2 Å². The molecule has 0 aliphatic carbocycles. The van der Waals surface area contributed by atoms with Gasteiger partial charge in [0, 0.05) is 5.56 Å². The molecule has 4 nitrogen and oxygen atoms in total. The Morgan fingerprint density at radius 1 is 1.05 bits per heavy atom. The number of carbonyl (C=O) groups is 1. The first-order chi connectivity index (χ1) is 10.3. The summed E-state index contributed by atoms with van der Waals surface area (Å²) in [6.45, 7) is 2.83. The van der Waals surface area contributed by atoms with Gasteiger partial charge in [0.2, 0.25) is 0 Å². The highest BCUT2D eigenvalue weighted by molar-refractivity contribution is 5.94. The molecule has 0 fully saturated rings. The molecule has 0 aliphatic rings. The summed E-state index contributed by atoms with van der Waals surface area (Å²) in [5, 5.41) is 0. The van der Waals surface area contributed by atoms with Gasteiger partial charge in [-0.25, -0.2) is 0 Å². The van der Waals surface area contributed by atoms with Crippen molar-refractivity contribution in [3.05, 3.63) is 60.2 Å². The largest absolute Gasteiger partial charge is 0.494 e. The Kier molecular flexibility index (Phi) is 5.64. The van der Waals surface area contributed by atoms with Crippen LogP contribution < -0.4 is 15.6 Å². The number of carbonyl (C=O) groups excluding carboxylic acids is 1. The second-order valence-electron chi connectivity index (χ2n) is 4.67. The lowest BCUT2D eigenvalue weighted by molar-refractivity contribution is 0.0962. The fourth-order valence-corrected chi connectivity index (χ4v) is 1.76. The van der Waals surface area contributed by atoms with Crippen LogP contribution in [0.5, 0.6) is 5.75 Å². The highest BCUT2D eigenvalue weighted by atomic mass is 16.5. The maximum absolute atomic E-state index is 12.0. The molecule has 110 valence electrons. The van der Waals surface area contributed by atoms with E-state index >= 15 is 0 Å². The topological polar surface area (TPSA) is 50.4 Å². The molecule has 0 saturated carbocycles. The van der Waals surface area contributed by atoms with E-state index < -0.39 is 0 Å². The van der Waals surface area contributed by atoms with Crippen LogP contribution in [0.3, 0.4) is 0 Å². The molecule has 2 N–H and O–H groups in total. The molecule has 2 aromatic carbocycles. The number of hydrazine groups is 1. The molecule has 0 atom stereocenters. The summed E-state index contributed by atoms with van der Waals surface area (Å²) in [7, 11) is 0. The van der Waals surface area contributed by atoms with Crippen molar-refractivity contribution in [1.29, 1.82) is 0 Å². The minimum atomic E-state index is -0.182. The van der Waals surface area contributed by atoms with Gasteiger partial charge in [-0.05, 0) is 42.8 Å². The molecular formula is C17H20N2O2. The first-order valence-corrected chi connectivity index (χ1v) is 7.14. The number of hydrogen-bond acceptors (Lipinski definition) is 3. The van der Waals surface area contributed by atoms with Gasteiger partial charge in [0.1, 0.15) is 5.75 Å². The van der Waals surface area contributed by atoms with Crippen molar-refractivity contribution in [2.24, 2.45) is 0 Å². The van der Waals surface area contributed by atoms with Crippen LogP contribution >= 0.6 is 0 Å². The van der Waals surface area contributed by atoms with Gasteiger partial charge < -0.3 is 4.74 Å². The first-order valence-electron chi connectivity index (χ1n) is 7.14. The lowest BCUT2D eigenvalue weighted by Gasteiger charge is -2.09. The minimum Gasteiger partial charge on any atom is -0.494 e. The molecule has 0 spiro atoms. The van der Waals surface area contributed by atoms with Gasteiger partial charge in [-0.2, -0.15) is 0 Å². The third-order valence-corrected chi connectivity index (χ3v) is 2.98. The van der Waals surface area contributed by atoms with Crippen LogP contribution in [0.25, 0.3) is 0 Å². The van der Waals surface area contributed by atoms with Gasteiger partial charge in [-0.1, -0.05) is 31.5 Å². The van der Waals surface area contributed by atoms with E-state index in [0.717, 1.165) is 24.3 Å². The average molecular weight is 284 g/mol. The summed E-state index contributed by atoms with van der Waals surface area (Å²) in [6.07, 6.45) is 2.13. The van der Waals surface area contributed by atoms with Crippen LogP contribution in [-0.4, -0.2) is 12.5 Å². The van der Waals surface area contributed by atoms with Crippen molar-refractivity contribution in [3.8, 4) is 5.75 Å². The number of benzene rings is 2. The molecule has 0 unspecified atom stereocenters. The van der Waals surface area contributed by atoms with Crippen molar-refractivity contribution < 1.29 is 9.53 Å². The summed E-state index contributed by atoms with van der Waals surface area (Å²) >= 11 is 0. The second-order valence-corrected chi connectivity index (χ2v) is 4.67. The smallest absolute Gasteiger partial charge is 0.269 e. The molecule has 0 radical (unpaired) electrons. The van der Waals surface area contributed by atoms with Crippen LogP contribution in [0, 0.1) is 0 Å². The van der Waals surface area contributed by atoms with Gasteiger partial charge in [-0.3, -0.25) is 15.6 Å². The van der Waals surface area contributed by atoms with E-state index in [-0.39, 0.29) is 5.91 Å². The molecule has 0 saturated heterocycles. The Hall–Kier alpha value is -2.49. The van der Waals surface area contributed by atoms with E-state index in [1.807, 2.05) is 42.5 Å². The monoisotopic (exact) mass is 284 g/mol. The molecule has 4 heteroatoms. The predicted octanol–water partition coefficient (Wildman–Crippen LogP) is 3.62. The van der Waals surface area contributed by atoms with Crippen molar-refractivity contribution in [2.45, 2.75) is 19.8 Å². The highest BCUT2D eigenvalue weighted by Gasteiger charge is 2.05. The number of rotatable bonds is 7. The van der Waals surface area contributed by atoms with Crippen molar-refractivity contribution in [3.63, 3.8) is 0 Å². The van der Waals surface area contributed by atoms with E-state index in [4.69, 9.17) is 4.74 Å². The van der Waals surface area contributed by atoms with Gasteiger partial charge >= 0.3 is 0 Å². The fraction of sp³-hybridized carbons (Fsp3) is 0.235. The summed E-state index contributed by atoms with van der Waals surface area (Å²) in [6, 6.07) is 16.6. The Bertz CT molecular complexity index is 553. The average Bonchev–Trinajstić information content (AvgIpc) is 2.54. The van der Waals surface area contributed by atoms with Gasteiger partial charge in [-0.15, -0.1) is 0 Å². The maximum atomic E-state index is 12.0. The maximum Gasteiger partial charge on any atom is 0.269 e. The minimum absolute atomic E-state index is 0.182. The molecule has 0 bridgehead atoms. The fourth-order valence-electron chi connectivity index (χ4n) is 1.76. The van der Waals surface area contributed by atoms with Gasteiger partial charge in [0.15, 0.2) is 0 Å². The lowest BCUT2D eigenvalue weighted by Crippen LogP contribution is -2.29. The van der Waals surface area contributed by atoms with E-state index in [9.17, 15) is 4.79 Å². The van der Waals surface area contributed by atoms with Crippen molar-refractivity contribution in [2.75, 3.05) is 12.0 Å². The Labute approximate surface area is 125 Å². The highest BCUT2D eigenvalue weighted by Crippen LogP contribution is 2.13. The van der Waals surface area contributed by atoms with Crippen LogP contribution in [0.15, 0.2) is 54.6 Å². The molecule has 21 heavy (non-hydrogen) atoms. The Morgan fingerprint density at radius 2 is 1.76 bits per heavy atom. The van der Waals surface area contributed by atoms with Crippen LogP contribution in [0.4, 0.5) is 5.69 Å². The third kappa shape index (κ3) is 4.84. The quantitative estimate of drug-likeness (QED) is 0.603. The summed E-state index contributed by atoms with van der Waals surface area (Å²) in [4.78, 5) is 12.0. The Balaban J connectivity index is 1.85. The zero-order chi connectivity index (χ0) is 14.9. The van der Waals surface area contributed by atoms with Crippen molar-refractivity contribution in [1.82, 2.24) is 5.43 Å². The van der Waals surface area contributed by atoms with E-state index in [2.05, 4.69) is 17.8 Å². The van der Waals surface area contributed by atoms with E-state index in [1.165, 1.54) is 0 Å². The predicted molar refractivity (Wildman–Crippen MR) is 84.4 cm³/mol. The summed E-state index contributed by atoms with van der Waals surface area (Å²) in [5.41, 5.74) is 6.95. The number of anilines is 1. The molecular weight excluding hydrogens is 264 g/mol. The second kappa shape index (κ2) is 7.94. The summed E-state index contributed by atoms with van der Waals surface area (Å²) < 4.78 is 5.56. The van der Waals surface area contributed by atoms with Crippen LogP contribution in [-0.2, 0) is 0 Å². The number of hydrogen-bond donors (Lipinski definition) is 2. The zero-order valence-electron chi connectivity index (χ0n) is 12.1. The molecule has 0 heterocycles. The molecule has 1 amide bonds. The first kappa shape index (κ1) is 14.9. The normalized spacial score (nSPS) is 9.95. The van der Waals surface area contributed by atoms with Gasteiger partial charge in [0.25, 0.3) is 5.91 Å². The van der Waals surface area contributed by atoms with Crippen LogP contribution in [0.1, 0.15) is 30.1 Å². The van der Waals surface area contributed by atoms with Crippen molar-refractivity contribution >= 4 is 11.6 Å². The van der Waals surface area contributed by atoms with Crippen LogP contribution in [0.2, 0.25) is 0 Å². The number of ether oxygens (including phenoxy) is 1. The number of para-hydroxylation sites is 1. The standard InChI is InChI=1S/C17H20N2O2/c1-2-3-13-21-16-11-9-14(10-12-16)17(20)19-18-15-7-5-4-6-8-15/h4-12,18H,2-3,13H2,1H3,(H,19,20). The number of amides is 1. The lowest BCUT2D eigenvalue weighted by atomic mass is 10.2. The number of unbranched alkanes of at least 4 members (excludes halogenated alkanes) is 1. The molecule has 0 aliphatic heterocycles. The third-order valence-electron chi connectivity index (χ3n) is 2.98. The molecule has 2 aromatic rings. The molecule has 2 rings (SSSR count). The summed E-state index contributed by atoms with van der Waals surface area (Å²) in [5.74, 6) is 0.606. The SMILES string of the molecule is CCCCOc1ccc(C(=O)NNc2ccccc2)cc1. The van der Waals surface area contributed by atoms with E-state index in [1.54, 1.807) is 12.1 Å². The number of nitrogens with one attached hydrogen (secondary N) is 2.